The van der Waals surface area contributed by atoms with Crippen LogP contribution < -0.4 is 0 Å². The van der Waals surface area contributed by atoms with Gasteiger partial charge in [-0.2, -0.15) is 0 Å². The number of esters is 1. The zero-order valence-electron chi connectivity index (χ0n) is 11.5. The summed E-state index contributed by atoms with van der Waals surface area (Å²) in [4.78, 5) is 16.2. The van der Waals surface area contributed by atoms with Gasteiger partial charge in [0.15, 0.2) is 0 Å². The fourth-order valence-electron chi connectivity index (χ4n) is 1.79. The molecule has 3 nitrogen and oxygen atoms in total. The lowest BCUT2D eigenvalue weighted by molar-refractivity contribution is -0.150. The number of carbonyl (C=O) groups is 1. The molecule has 0 saturated carbocycles. The molecule has 0 aliphatic rings. The minimum atomic E-state index is -0.679. The molecule has 2 aromatic rings. The molecule has 1 aromatic heterocycles. The van der Waals surface area contributed by atoms with Crippen LogP contribution >= 0.6 is 11.6 Å². The number of benzene rings is 1. The summed E-state index contributed by atoms with van der Waals surface area (Å²) >= 11 is 5.71. The Kier molecular flexibility index (Phi) is 4.40. The standard InChI is InChI=1S/C16H16ClNO2/c1-16(2,13-6-4-3-5-7-13)15(19)20-11-12-8-9-14(17)18-10-12/h3-10H,11H2,1-2H3. The summed E-state index contributed by atoms with van der Waals surface area (Å²) in [5, 5.41) is 0.421. The first-order chi connectivity index (χ1) is 9.50. The first-order valence-electron chi connectivity index (χ1n) is 6.33. The maximum Gasteiger partial charge on any atom is 0.316 e. The molecule has 0 saturated heterocycles. The monoisotopic (exact) mass is 289 g/mol. The third kappa shape index (κ3) is 3.36. The highest BCUT2D eigenvalue weighted by molar-refractivity contribution is 6.29. The van der Waals surface area contributed by atoms with E-state index in [0.29, 0.717) is 5.15 Å². The fourth-order valence-corrected chi connectivity index (χ4v) is 1.91. The number of halogens is 1. The number of hydrogen-bond acceptors (Lipinski definition) is 3. The Hall–Kier alpha value is -1.87. The van der Waals surface area contributed by atoms with Crippen molar-refractivity contribution in [2.24, 2.45) is 0 Å². The summed E-state index contributed by atoms with van der Waals surface area (Å²) in [5.41, 5.74) is 1.06. The second-order valence-corrected chi connectivity index (χ2v) is 5.44. The Morgan fingerprint density at radius 1 is 1.20 bits per heavy atom. The van der Waals surface area contributed by atoms with Gasteiger partial charge in [-0.3, -0.25) is 4.79 Å². The van der Waals surface area contributed by atoms with Gasteiger partial charge in [0.25, 0.3) is 0 Å². The van der Waals surface area contributed by atoms with E-state index in [4.69, 9.17) is 16.3 Å². The van der Waals surface area contributed by atoms with Crippen molar-refractivity contribution in [2.75, 3.05) is 0 Å². The molecule has 0 N–H and O–H groups in total. The summed E-state index contributed by atoms with van der Waals surface area (Å²) in [5.74, 6) is -0.265. The van der Waals surface area contributed by atoms with Crippen molar-refractivity contribution in [1.82, 2.24) is 4.98 Å². The van der Waals surface area contributed by atoms with Gasteiger partial charge in [0, 0.05) is 11.8 Å². The molecule has 0 spiro atoms. The lowest BCUT2D eigenvalue weighted by Gasteiger charge is -2.23. The Morgan fingerprint density at radius 3 is 2.50 bits per heavy atom. The largest absolute Gasteiger partial charge is 0.460 e. The fraction of sp³-hybridized carbons (Fsp3) is 0.250. The molecule has 0 atom stereocenters. The third-order valence-corrected chi connectivity index (χ3v) is 3.39. The number of rotatable bonds is 4. The summed E-state index contributed by atoms with van der Waals surface area (Å²) in [7, 11) is 0. The average Bonchev–Trinajstić information content (AvgIpc) is 2.47. The Balaban J connectivity index is 2.03. The summed E-state index contributed by atoms with van der Waals surface area (Å²) < 4.78 is 5.37. The van der Waals surface area contributed by atoms with Crippen LogP contribution in [-0.4, -0.2) is 11.0 Å². The maximum atomic E-state index is 12.2. The first-order valence-corrected chi connectivity index (χ1v) is 6.71. The van der Waals surface area contributed by atoms with Gasteiger partial charge < -0.3 is 4.74 Å². The second-order valence-electron chi connectivity index (χ2n) is 5.06. The summed E-state index contributed by atoms with van der Waals surface area (Å²) in [6, 6.07) is 13.0. The van der Waals surface area contributed by atoms with Gasteiger partial charge in [-0.15, -0.1) is 0 Å². The Bertz CT molecular complexity index is 579. The van der Waals surface area contributed by atoms with Gasteiger partial charge in [0.1, 0.15) is 11.8 Å². The maximum absolute atomic E-state index is 12.2. The first kappa shape index (κ1) is 14.5. The molecule has 0 fully saturated rings. The SMILES string of the molecule is CC(C)(C(=O)OCc1ccc(Cl)nc1)c1ccccc1. The van der Waals surface area contributed by atoms with Crippen LogP contribution in [-0.2, 0) is 21.6 Å². The van der Waals surface area contributed by atoms with Crippen molar-refractivity contribution in [1.29, 1.82) is 0 Å². The van der Waals surface area contributed by atoms with Crippen LogP contribution in [0, 0.1) is 0 Å². The molecule has 0 aliphatic heterocycles. The molecule has 0 unspecified atom stereocenters. The molecule has 104 valence electrons. The quantitative estimate of drug-likeness (QED) is 0.635. The lowest BCUT2D eigenvalue weighted by Crippen LogP contribution is -2.30. The van der Waals surface area contributed by atoms with Crippen LogP contribution in [0.15, 0.2) is 48.7 Å². The van der Waals surface area contributed by atoms with Crippen LogP contribution in [0.25, 0.3) is 0 Å². The van der Waals surface area contributed by atoms with E-state index in [1.165, 1.54) is 0 Å². The number of aromatic nitrogens is 1. The molecule has 20 heavy (non-hydrogen) atoms. The predicted octanol–water partition coefficient (Wildman–Crippen LogP) is 3.76. The van der Waals surface area contributed by atoms with E-state index >= 15 is 0 Å². The Morgan fingerprint density at radius 2 is 1.90 bits per heavy atom. The average molecular weight is 290 g/mol. The number of carbonyl (C=O) groups excluding carboxylic acids is 1. The van der Waals surface area contributed by atoms with Crippen LogP contribution in [0.1, 0.15) is 25.0 Å². The van der Waals surface area contributed by atoms with E-state index in [-0.39, 0.29) is 12.6 Å². The van der Waals surface area contributed by atoms with Gasteiger partial charge in [0.2, 0.25) is 0 Å². The van der Waals surface area contributed by atoms with Crippen LogP contribution in [0.5, 0.6) is 0 Å². The van der Waals surface area contributed by atoms with Gasteiger partial charge in [-0.05, 0) is 25.5 Å². The third-order valence-electron chi connectivity index (χ3n) is 3.16. The predicted molar refractivity (Wildman–Crippen MR) is 78.5 cm³/mol. The molecule has 0 amide bonds. The topological polar surface area (TPSA) is 39.2 Å². The normalized spacial score (nSPS) is 11.2. The zero-order valence-corrected chi connectivity index (χ0v) is 12.2. The zero-order chi connectivity index (χ0) is 14.6. The highest BCUT2D eigenvalue weighted by Crippen LogP contribution is 2.24. The summed E-state index contributed by atoms with van der Waals surface area (Å²) in [6.45, 7) is 3.90. The molecule has 0 bridgehead atoms. The van der Waals surface area contributed by atoms with E-state index in [9.17, 15) is 4.79 Å². The highest BCUT2D eigenvalue weighted by Gasteiger charge is 2.31. The van der Waals surface area contributed by atoms with Crippen molar-refractivity contribution >= 4 is 17.6 Å². The highest BCUT2D eigenvalue weighted by atomic mass is 35.5. The van der Waals surface area contributed by atoms with Crippen LogP contribution in [0.4, 0.5) is 0 Å². The molecule has 0 radical (unpaired) electrons. The van der Waals surface area contributed by atoms with E-state index < -0.39 is 5.41 Å². The lowest BCUT2D eigenvalue weighted by atomic mass is 9.85. The smallest absolute Gasteiger partial charge is 0.316 e. The van der Waals surface area contributed by atoms with E-state index in [0.717, 1.165) is 11.1 Å². The molecular formula is C16H16ClNO2. The number of ether oxygens (including phenoxy) is 1. The molecule has 1 heterocycles. The Labute approximate surface area is 123 Å². The van der Waals surface area contributed by atoms with Crippen molar-refractivity contribution in [3.8, 4) is 0 Å². The van der Waals surface area contributed by atoms with Crippen molar-refractivity contribution in [2.45, 2.75) is 25.9 Å². The van der Waals surface area contributed by atoms with E-state index in [1.54, 1.807) is 18.3 Å². The van der Waals surface area contributed by atoms with Crippen molar-refractivity contribution in [3.05, 3.63) is 64.9 Å². The molecule has 4 heteroatoms. The van der Waals surface area contributed by atoms with Crippen molar-refractivity contribution in [3.63, 3.8) is 0 Å². The van der Waals surface area contributed by atoms with Gasteiger partial charge in [0.05, 0.1) is 5.41 Å². The van der Waals surface area contributed by atoms with Gasteiger partial charge in [-0.1, -0.05) is 48.0 Å². The number of pyridine rings is 1. The minimum absolute atomic E-state index is 0.194. The molecular weight excluding hydrogens is 274 g/mol. The van der Waals surface area contributed by atoms with Crippen LogP contribution in [0.2, 0.25) is 5.15 Å². The molecule has 0 aliphatic carbocycles. The van der Waals surface area contributed by atoms with Gasteiger partial charge >= 0.3 is 5.97 Å². The summed E-state index contributed by atoms with van der Waals surface area (Å²) in [6.07, 6.45) is 1.60. The van der Waals surface area contributed by atoms with E-state index in [2.05, 4.69) is 4.98 Å². The number of hydrogen-bond donors (Lipinski definition) is 0. The molecule has 2 rings (SSSR count). The molecule has 1 aromatic carbocycles. The number of nitrogens with zero attached hydrogens (tertiary/aromatic N) is 1. The van der Waals surface area contributed by atoms with E-state index in [1.807, 2.05) is 44.2 Å². The van der Waals surface area contributed by atoms with Crippen molar-refractivity contribution < 1.29 is 9.53 Å². The second kappa shape index (κ2) is 6.06. The van der Waals surface area contributed by atoms with Crippen LogP contribution in [0.3, 0.4) is 0 Å². The minimum Gasteiger partial charge on any atom is -0.460 e. The van der Waals surface area contributed by atoms with Gasteiger partial charge in [-0.25, -0.2) is 4.98 Å².